The molecule has 0 spiro atoms. The number of rotatable bonds is 3. The topological polar surface area (TPSA) is 49.0 Å². The minimum atomic E-state index is -0.0307. The summed E-state index contributed by atoms with van der Waals surface area (Å²) in [6.07, 6.45) is 3.15. The van der Waals surface area contributed by atoms with E-state index in [0.29, 0.717) is 5.56 Å². The monoisotopic (exact) mass is 243 g/mol. The number of nitrogens with one attached hydrogen (secondary N) is 1. The number of carbonyl (C=O) groups excluding carboxylic acids is 1. The van der Waals surface area contributed by atoms with Gasteiger partial charge in [0.1, 0.15) is 0 Å². The van der Waals surface area contributed by atoms with Crippen LogP contribution >= 0.6 is 0 Å². The molecule has 94 valence electrons. The van der Waals surface area contributed by atoms with Crippen molar-refractivity contribution >= 4 is 5.91 Å². The van der Waals surface area contributed by atoms with E-state index in [9.17, 15) is 4.79 Å². The molecule has 0 fully saturated rings. The van der Waals surface area contributed by atoms with Gasteiger partial charge in [0.25, 0.3) is 5.91 Å². The van der Waals surface area contributed by atoms with Crippen LogP contribution in [0.5, 0.6) is 0 Å². The third-order valence-corrected chi connectivity index (χ3v) is 3.21. The van der Waals surface area contributed by atoms with Gasteiger partial charge in [-0.3, -0.25) is 9.89 Å². The normalized spacial score (nSPS) is 12.2. The Kier molecular flexibility index (Phi) is 3.46. The number of amides is 1. The molecule has 4 nitrogen and oxygen atoms in total. The number of aryl methyl sites for hydroxylation is 1. The first-order valence-electron chi connectivity index (χ1n) is 5.92. The summed E-state index contributed by atoms with van der Waals surface area (Å²) in [6.45, 7) is 4.07. The summed E-state index contributed by atoms with van der Waals surface area (Å²) >= 11 is 0. The Bertz CT molecular complexity index is 516. The summed E-state index contributed by atoms with van der Waals surface area (Å²) in [4.78, 5) is 13.9. The molecule has 1 aromatic carbocycles. The summed E-state index contributed by atoms with van der Waals surface area (Å²) in [5.41, 5.74) is 2.92. The first-order chi connectivity index (χ1) is 8.59. The number of benzene rings is 1. The number of H-pyrrole nitrogens is 1. The van der Waals surface area contributed by atoms with Gasteiger partial charge in [-0.05, 0) is 19.4 Å². The smallest absolute Gasteiger partial charge is 0.257 e. The van der Waals surface area contributed by atoms with Crippen LogP contribution in [0, 0.1) is 6.92 Å². The van der Waals surface area contributed by atoms with Crippen molar-refractivity contribution in [3.8, 4) is 0 Å². The molecule has 0 saturated heterocycles. The number of aromatic nitrogens is 2. The van der Waals surface area contributed by atoms with Crippen molar-refractivity contribution in [1.82, 2.24) is 15.1 Å². The zero-order chi connectivity index (χ0) is 13.1. The lowest BCUT2D eigenvalue weighted by Gasteiger charge is -2.25. The zero-order valence-corrected chi connectivity index (χ0v) is 10.8. The highest BCUT2D eigenvalue weighted by Crippen LogP contribution is 2.20. The molecule has 2 rings (SSSR count). The molecular formula is C14H17N3O. The van der Waals surface area contributed by atoms with Crippen LogP contribution in [0.3, 0.4) is 0 Å². The van der Waals surface area contributed by atoms with Gasteiger partial charge in [0.05, 0.1) is 17.8 Å². The Balaban J connectivity index is 2.16. The van der Waals surface area contributed by atoms with Crippen molar-refractivity contribution in [3.63, 3.8) is 0 Å². The van der Waals surface area contributed by atoms with Crippen molar-refractivity contribution in [2.24, 2.45) is 0 Å². The second-order valence-electron chi connectivity index (χ2n) is 4.49. The van der Waals surface area contributed by atoms with E-state index in [1.54, 1.807) is 24.3 Å². The average molecular weight is 243 g/mol. The summed E-state index contributed by atoms with van der Waals surface area (Å²) in [7, 11) is 1.81. The standard InChI is InChI=1S/C14H17N3O/c1-10-4-6-12(7-5-10)11(2)17(3)14(18)13-8-15-16-9-13/h4-9,11H,1-3H3,(H,15,16). The van der Waals surface area contributed by atoms with E-state index < -0.39 is 0 Å². The lowest BCUT2D eigenvalue weighted by atomic mass is 10.1. The molecule has 1 heterocycles. The Morgan fingerprint density at radius 3 is 2.56 bits per heavy atom. The quantitative estimate of drug-likeness (QED) is 0.900. The number of nitrogens with zero attached hydrogens (tertiary/aromatic N) is 2. The third-order valence-electron chi connectivity index (χ3n) is 3.21. The fraction of sp³-hybridized carbons (Fsp3) is 0.286. The van der Waals surface area contributed by atoms with Crippen LogP contribution in [-0.2, 0) is 0 Å². The summed E-state index contributed by atoms with van der Waals surface area (Å²) in [6, 6.07) is 8.26. The molecule has 4 heteroatoms. The molecular weight excluding hydrogens is 226 g/mol. The zero-order valence-electron chi connectivity index (χ0n) is 10.8. The maximum absolute atomic E-state index is 12.2. The third kappa shape index (κ3) is 2.42. The minimum absolute atomic E-state index is 0.0307. The van der Waals surface area contributed by atoms with Crippen LogP contribution in [0.15, 0.2) is 36.7 Å². The fourth-order valence-corrected chi connectivity index (χ4v) is 1.82. The molecule has 1 aromatic heterocycles. The van der Waals surface area contributed by atoms with E-state index in [-0.39, 0.29) is 11.9 Å². The summed E-state index contributed by atoms with van der Waals surface area (Å²) < 4.78 is 0. The van der Waals surface area contributed by atoms with Gasteiger partial charge in [0.2, 0.25) is 0 Å². The van der Waals surface area contributed by atoms with Gasteiger partial charge in [-0.2, -0.15) is 5.10 Å². The Morgan fingerprint density at radius 1 is 1.33 bits per heavy atom. The number of hydrogen-bond donors (Lipinski definition) is 1. The van der Waals surface area contributed by atoms with E-state index in [2.05, 4.69) is 41.4 Å². The second kappa shape index (κ2) is 5.04. The lowest BCUT2D eigenvalue weighted by Crippen LogP contribution is -2.29. The van der Waals surface area contributed by atoms with E-state index in [1.165, 1.54) is 5.56 Å². The number of carbonyl (C=O) groups is 1. The summed E-state index contributed by atoms with van der Waals surface area (Å²) in [5.74, 6) is -0.0307. The summed E-state index contributed by atoms with van der Waals surface area (Å²) in [5, 5.41) is 6.45. The van der Waals surface area contributed by atoms with Gasteiger partial charge in [-0.15, -0.1) is 0 Å². The highest BCUT2D eigenvalue weighted by atomic mass is 16.2. The van der Waals surface area contributed by atoms with Crippen molar-refractivity contribution < 1.29 is 4.79 Å². The molecule has 1 atom stereocenters. The maximum Gasteiger partial charge on any atom is 0.257 e. The van der Waals surface area contributed by atoms with Crippen LogP contribution in [0.4, 0.5) is 0 Å². The largest absolute Gasteiger partial charge is 0.335 e. The van der Waals surface area contributed by atoms with Gasteiger partial charge >= 0.3 is 0 Å². The molecule has 0 aliphatic carbocycles. The first-order valence-corrected chi connectivity index (χ1v) is 5.92. The van der Waals surface area contributed by atoms with Gasteiger partial charge < -0.3 is 4.90 Å². The maximum atomic E-state index is 12.2. The Morgan fingerprint density at radius 2 is 2.00 bits per heavy atom. The molecule has 1 N–H and O–H groups in total. The predicted octanol–water partition coefficient (Wildman–Crippen LogP) is 2.55. The van der Waals surface area contributed by atoms with Gasteiger partial charge in [-0.25, -0.2) is 0 Å². The SMILES string of the molecule is Cc1ccc(C(C)N(C)C(=O)c2cn[nH]c2)cc1. The highest BCUT2D eigenvalue weighted by molar-refractivity contribution is 5.93. The Labute approximate surface area is 107 Å². The van der Waals surface area contributed by atoms with Crippen LogP contribution in [-0.4, -0.2) is 28.1 Å². The molecule has 0 bridgehead atoms. The fourth-order valence-electron chi connectivity index (χ4n) is 1.82. The van der Waals surface area contributed by atoms with Crippen molar-refractivity contribution in [3.05, 3.63) is 53.3 Å². The van der Waals surface area contributed by atoms with Crippen LogP contribution in [0.1, 0.15) is 34.5 Å². The van der Waals surface area contributed by atoms with E-state index >= 15 is 0 Å². The van der Waals surface area contributed by atoms with Crippen LogP contribution in [0.2, 0.25) is 0 Å². The molecule has 0 radical (unpaired) electrons. The number of hydrogen-bond acceptors (Lipinski definition) is 2. The van der Waals surface area contributed by atoms with Crippen molar-refractivity contribution in [2.75, 3.05) is 7.05 Å². The molecule has 2 aromatic rings. The molecule has 0 aliphatic rings. The van der Waals surface area contributed by atoms with E-state index in [0.717, 1.165) is 5.56 Å². The first kappa shape index (κ1) is 12.4. The highest BCUT2D eigenvalue weighted by Gasteiger charge is 2.19. The minimum Gasteiger partial charge on any atom is -0.335 e. The lowest BCUT2D eigenvalue weighted by molar-refractivity contribution is 0.0742. The van der Waals surface area contributed by atoms with Gasteiger partial charge in [-0.1, -0.05) is 29.8 Å². The van der Waals surface area contributed by atoms with Crippen molar-refractivity contribution in [1.29, 1.82) is 0 Å². The van der Waals surface area contributed by atoms with Crippen LogP contribution in [0.25, 0.3) is 0 Å². The van der Waals surface area contributed by atoms with Crippen molar-refractivity contribution in [2.45, 2.75) is 19.9 Å². The molecule has 0 saturated carbocycles. The predicted molar refractivity (Wildman–Crippen MR) is 70.3 cm³/mol. The average Bonchev–Trinajstić information content (AvgIpc) is 2.91. The van der Waals surface area contributed by atoms with Gasteiger partial charge in [0.15, 0.2) is 0 Å². The van der Waals surface area contributed by atoms with E-state index in [1.807, 2.05) is 6.92 Å². The Hall–Kier alpha value is -2.10. The molecule has 0 aliphatic heterocycles. The molecule has 1 amide bonds. The van der Waals surface area contributed by atoms with Crippen LogP contribution < -0.4 is 0 Å². The molecule has 1 unspecified atom stereocenters. The molecule has 18 heavy (non-hydrogen) atoms. The number of aromatic amines is 1. The second-order valence-corrected chi connectivity index (χ2v) is 4.49. The van der Waals surface area contributed by atoms with Gasteiger partial charge in [0, 0.05) is 13.2 Å². The van der Waals surface area contributed by atoms with E-state index in [4.69, 9.17) is 0 Å².